The summed E-state index contributed by atoms with van der Waals surface area (Å²) < 4.78 is 11.1. The number of carbonyl (C=O) groups is 1. The molecule has 1 fully saturated rings. The monoisotopic (exact) mass is 353 g/mol. The van der Waals surface area contributed by atoms with Gasteiger partial charge in [-0.3, -0.25) is 5.32 Å². The van der Waals surface area contributed by atoms with E-state index in [1.807, 2.05) is 30.3 Å². The quantitative estimate of drug-likeness (QED) is 0.720. The molecule has 0 heterocycles. The van der Waals surface area contributed by atoms with E-state index in [9.17, 15) is 4.79 Å². The summed E-state index contributed by atoms with van der Waals surface area (Å²) in [6.45, 7) is 4.44. The van der Waals surface area contributed by atoms with Crippen molar-refractivity contribution < 1.29 is 14.3 Å². The van der Waals surface area contributed by atoms with Crippen LogP contribution in [-0.2, 0) is 10.3 Å². The highest BCUT2D eigenvalue weighted by Gasteiger charge is 2.56. The highest BCUT2D eigenvalue weighted by molar-refractivity contribution is 5.85. The lowest BCUT2D eigenvalue weighted by Crippen LogP contribution is -2.52. The Labute approximate surface area is 155 Å². The molecule has 138 valence electrons. The number of hydrogen-bond acceptors (Lipinski definition) is 3. The van der Waals surface area contributed by atoms with E-state index in [4.69, 9.17) is 9.47 Å². The van der Waals surface area contributed by atoms with Crippen LogP contribution in [0.1, 0.15) is 45.1 Å². The average molecular weight is 353 g/mol. The zero-order valence-corrected chi connectivity index (χ0v) is 15.7. The van der Waals surface area contributed by atoms with Crippen molar-refractivity contribution >= 4 is 11.8 Å². The first-order valence-electron chi connectivity index (χ1n) is 9.24. The molecule has 0 bridgehead atoms. The molecule has 1 aliphatic rings. The number of nitrogens with one attached hydrogen (secondary N) is 1. The molecule has 0 atom stereocenters. The van der Waals surface area contributed by atoms with Crippen molar-refractivity contribution in [1.82, 2.24) is 0 Å². The van der Waals surface area contributed by atoms with Crippen LogP contribution in [0.25, 0.3) is 0 Å². The molecule has 2 aromatic carbocycles. The summed E-state index contributed by atoms with van der Waals surface area (Å²) in [5.41, 5.74) is 1.48. The Hall–Kier alpha value is -2.49. The van der Waals surface area contributed by atoms with E-state index in [-0.39, 0.29) is 5.41 Å². The van der Waals surface area contributed by atoms with Crippen LogP contribution in [0, 0.1) is 5.41 Å². The van der Waals surface area contributed by atoms with Crippen molar-refractivity contribution in [1.29, 1.82) is 0 Å². The minimum absolute atomic E-state index is 0.260. The molecule has 4 nitrogen and oxygen atoms in total. The molecular formula is C22H27NO3. The van der Waals surface area contributed by atoms with Crippen LogP contribution in [-0.4, -0.2) is 13.2 Å². The Morgan fingerprint density at radius 1 is 1.00 bits per heavy atom. The van der Waals surface area contributed by atoms with Gasteiger partial charge in [-0.15, -0.1) is 0 Å². The molecular weight excluding hydrogens is 326 g/mol. The topological polar surface area (TPSA) is 47.6 Å². The van der Waals surface area contributed by atoms with Gasteiger partial charge in [0.2, 0.25) is 0 Å². The SMILES string of the molecule is CCC1(CC)CC(OC(=O)Nc2ccc(OC)cc2)(c2ccccc2)C1. The summed E-state index contributed by atoms with van der Waals surface area (Å²) in [5, 5.41) is 2.83. The molecule has 4 heteroatoms. The molecule has 0 unspecified atom stereocenters. The Morgan fingerprint density at radius 3 is 2.15 bits per heavy atom. The van der Waals surface area contributed by atoms with Crippen LogP contribution in [0.15, 0.2) is 54.6 Å². The summed E-state index contributed by atoms with van der Waals surface area (Å²) >= 11 is 0. The molecule has 1 saturated carbocycles. The lowest BCUT2D eigenvalue weighted by molar-refractivity contribution is -0.138. The summed E-state index contributed by atoms with van der Waals surface area (Å²) in [4.78, 5) is 12.6. The summed E-state index contributed by atoms with van der Waals surface area (Å²) in [5.74, 6) is 0.749. The van der Waals surface area contributed by atoms with Gasteiger partial charge in [-0.05, 0) is 48.1 Å². The third kappa shape index (κ3) is 3.55. The molecule has 0 aromatic heterocycles. The van der Waals surface area contributed by atoms with Gasteiger partial charge in [0.15, 0.2) is 0 Å². The van der Waals surface area contributed by atoms with Crippen LogP contribution < -0.4 is 10.1 Å². The van der Waals surface area contributed by atoms with Gasteiger partial charge in [-0.2, -0.15) is 0 Å². The van der Waals surface area contributed by atoms with E-state index in [0.29, 0.717) is 5.69 Å². The number of hydrogen-bond donors (Lipinski definition) is 1. The number of benzene rings is 2. The van der Waals surface area contributed by atoms with Crippen molar-refractivity contribution in [3.8, 4) is 5.75 Å². The maximum atomic E-state index is 12.6. The van der Waals surface area contributed by atoms with Crippen LogP contribution in [0.5, 0.6) is 5.75 Å². The number of amides is 1. The lowest BCUT2D eigenvalue weighted by atomic mass is 9.54. The fraction of sp³-hybridized carbons (Fsp3) is 0.409. The van der Waals surface area contributed by atoms with Gasteiger partial charge in [0.05, 0.1) is 7.11 Å². The van der Waals surface area contributed by atoms with Crippen molar-refractivity contribution in [2.45, 2.75) is 45.1 Å². The van der Waals surface area contributed by atoms with Crippen molar-refractivity contribution in [3.63, 3.8) is 0 Å². The number of ether oxygens (including phenoxy) is 2. The average Bonchev–Trinajstić information content (AvgIpc) is 2.66. The minimum Gasteiger partial charge on any atom is -0.497 e. The van der Waals surface area contributed by atoms with Gasteiger partial charge >= 0.3 is 6.09 Å². The van der Waals surface area contributed by atoms with Gasteiger partial charge < -0.3 is 9.47 Å². The van der Waals surface area contributed by atoms with E-state index in [1.54, 1.807) is 19.2 Å². The third-order valence-corrected chi connectivity index (χ3v) is 5.75. The second-order valence-electron chi connectivity index (χ2n) is 7.16. The normalized spacial score (nSPS) is 17.0. The smallest absolute Gasteiger partial charge is 0.412 e. The highest BCUT2D eigenvalue weighted by Crippen LogP contribution is 2.59. The van der Waals surface area contributed by atoms with Crippen LogP contribution in [0.3, 0.4) is 0 Å². The van der Waals surface area contributed by atoms with Crippen LogP contribution in [0.4, 0.5) is 10.5 Å². The van der Waals surface area contributed by atoms with E-state index >= 15 is 0 Å². The fourth-order valence-electron chi connectivity index (χ4n) is 3.98. The predicted octanol–water partition coefficient (Wildman–Crippen LogP) is 5.74. The first-order valence-corrected chi connectivity index (χ1v) is 9.24. The van der Waals surface area contributed by atoms with Crippen LogP contribution >= 0.6 is 0 Å². The van der Waals surface area contributed by atoms with Gasteiger partial charge in [0, 0.05) is 5.69 Å². The zero-order valence-electron chi connectivity index (χ0n) is 15.7. The molecule has 1 N–H and O–H groups in total. The standard InChI is InChI=1S/C22H27NO3/c1-4-21(5-2)15-22(16-21,17-9-7-6-8-10-17)26-20(24)23-18-11-13-19(25-3)14-12-18/h6-14H,4-5,15-16H2,1-3H3,(H,23,24). The molecule has 1 aliphatic carbocycles. The Balaban J connectivity index is 1.75. The molecule has 26 heavy (non-hydrogen) atoms. The number of anilines is 1. The number of rotatable bonds is 6. The van der Waals surface area contributed by atoms with Crippen molar-refractivity contribution in [3.05, 3.63) is 60.2 Å². The molecule has 2 aromatic rings. The predicted molar refractivity (Wildman–Crippen MR) is 103 cm³/mol. The van der Waals surface area contributed by atoms with Gasteiger partial charge in [-0.25, -0.2) is 4.79 Å². The maximum absolute atomic E-state index is 12.6. The summed E-state index contributed by atoms with van der Waals surface area (Å²) in [6, 6.07) is 17.3. The van der Waals surface area contributed by atoms with E-state index in [0.717, 1.165) is 37.0 Å². The Bertz CT molecular complexity index is 728. The van der Waals surface area contributed by atoms with E-state index < -0.39 is 11.7 Å². The van der Waals surface area contributed by atoms with Crippen molar-refractivity contribution in [2.75, 3.05) is 12.4 Å². The Morgan fingerprint density at radius 2 is 1.62 bits per heavy atom. The summed E-state index contributed by atoms with van der Waals surface area (Å²) in [6.07, 6.45) is 3.52. The molecule has 1 amide bonds. The molecule has 0 saturated heterocycles. The second kappa shape index (κ2) is 7.40. The van der Waals surface area contributed by atoms with E-state index in [2.05, 4.69) is 31.3 Å². The lowest BCUT2D eigenvalue weighted by Gasteiger charge is -2.55. The van der Waals surface area contributed by atoms with E-state index in [1.165, 1.54) is 0 Å². The first kappa shape index (κ1) is 18.3. The van der Waals surface area contributed by atoms with Gasteiger partial charge in [0.25, 0.3) is 0 Å². The minimum atomic E-state index is -0.538. The Kier molecular flexibility index (Phi) is 5.21. The number of carbonyl (C=O) groups excluding carboxylic acids is 1. The van der Waals surface area contributed by atoms with Crippen LogP contribution in [0.2, 0.25) is 0 Å². The maximum Gasteiger partial charge on any atom is 0.412 e. The molecule has 0 radical (unpaired) electrons. The highest BCUT2D eigenvalue weighted by atomic mass is 16.6. The third-order valence-electron chi connectivity index (χ3n) is 5.75. The van der Waals surface area contributed by atoms with Gasteiger partial charge in [-0.1, -0.05) is 57.0 Å². The molecule has 3 rings (SSSR count). The largest absolute Gasteiger partial charge is 0.497 e. The molecule has 0 aliphatic heterocycles. The number of methoxy groups -OCH3 is 1. The zero-order chi connectivity index (χ0) is 18.6. The first-order chi connectivity index (χ1) is 12.5. The van der Waals surface area contributed by atoms with Gasteiger partial charge in [0.1, 0.15) is 11.4 Å². The van der Waals surface area contributed by atoms with Crippen molar-refractivity contribution in [2.24, 2.45) is 5.41 Å². The second-order valence-corrected chi connectivity index (χ2v) is 7.16. The molecule has 0 spiro atoms. The summed E-state index contributed by atoms with van der Waals surface area (Å²) in [7, 11) is 1.62. The fourth-order valence-corrected chi connectivity index (χ4v) is 3.98.